The number of nitrogen functional groups attached to an aromatic ring is 1. The summed E-state index contributed by atoms with van der Waals surface area (Å²) < 4.78 is 7.10. The number of nitrogens with zero attached hydrogens (tertiary/aromatic N) is 4. The second-order valence-corrected chi connectivity index (χ2v) is 4.88. The molecule has 2 rings (SSSR count). The molecule has 0 fully saturated rings. The molecule has 1 aromatic heterocycles. The van der Waals surface area contributed by atoms with Crippen LogP contribution in [0.25, 0.3) is 11.4 Å². The van der Waals surface area contributed by atoms with Gasteiger partial charge in [0.05, 0.1) is 12.6 Å². The lowest BCUT2D eigenvalue weighted by Gasteiger charge is -2.17. The van der Waals surface area contributed by atoms with Gasteiger partial charge in [-0.25, -0.2) is 4.68 Å². The number of para-hydroxylation sites is 1. The van der Waals surface area contributed by atoms with Gasteiger partial charge in [-0.2, -0.15) is 0 Å². The van der Waals surface area contributed by atoms with Crippen LogP contribution in [0.1, 0.15) is 31.4 Å². The molecule has 6 nitrogen and oxygen atoms in total. The SMILES string of the molecule is CCCC(COC)n1nnnc1-c1cccc(C)c1N. The molecular formula is C14H21N5O. The van der Waals surface area contributed by atoms with Gasteiger partial charge in [-0.1, -0.05) is 25.5 Å². The summed E-state index contributed by atoms with van der Waals surface area (Å²) in [5.41, 5.74) is 8.76. The first-order valence-electron chi connectivity index (χ1n) is 6.81. The Kier molecular flexibility index (Phi) is 4.68. The van der Waals surface area contributed by atoms with Crippen molar-refractivity contribution >= 4 is 5.69 Å². The second kappa shape index (κ2) is 6.47. The Labute approximate surface area is 118 Å². The summed E-state index contributed by atoms with van der Waals surface area (Å²) in [5.74, 6) is 0.696. The van der Waals surface area contributed by atoms with Crippen molar-refractivity contribution in [3.63, 3.8) is 0 Å². The lowest BCUT2D eigenvalue weighted by Crippen LogP contribution is -2.17. The fourth-order valence-corrected chi connectivity index (χ4v) is 2.29. The normalized spacial score (nSPS) is 12.6. The number of aryl methyl sites for hydroxylation is 1. The molecule has 0 aliphatic carbocycles. The predicted molar refractivity (Wildman–Crippen MR) is 78.2 cm³/mol. The van der Waals surface area contributed by atoms with Crippen LogP contribution in [0, 0.1) is 6.92 Å². The Bertz CT molecular complexity index is 560. The number of nitrogens with two attached hydrogens (primary N) is 1. The molecule has 0 saturated heterocycles. The average Bonchev–Trinajstić information content (AvgIpc) is 2.90. The first kappa shape index (κ1) is 14.5. The molecular weight excluding hydrogens is 254 g/mol. The van der Waals surface area contributed by atoms with E-state index < -0.39 is 0 Å². The van der Waals surface area contributed by atoms with Crippen molar-refractivity contribution in [3.05, 3.63) is 23.8 Å². The molecule has 1 atom stereocenters. The van der Waals surface area contributed by atoms with Gasteiger partial charge in [0.25, 0.3) is 0 Å². The summed E-state index contributed by atoms with van der Waals surface area (Å²) in [4.78, 5) is 0. The number of hydrogen-bond acceptors (Lipinski definition) is 5. The Morgan fingerprint density at radius 2 is 2.20 bits per heavy atom. The minimum absolute atomic E-state index is 0.120. The first-order valence-corrected chi connectivity index (χ1v) is 6.81. The molecule has 20 heavy (non-hydrogen) atoms. The summed E-state index contributed by atoms with van der Waals surface area (Å²) in [6.45, 7) is 4.69. The van der Waals surface area contributed by atoms with Gasteiger partial charge in [0.15, 0.2) is 5.82 Å². The van der Waals surface area contributed by atoms with E-state index in [2.05, 4.69) is 22.4 Å². The summed E-state index contributed by atoms with van der Waals surface area (Å²) in [5, 5.41) is 12.1. The Hall–Kier alpha value is -1.95. The number of anilines is 1. The van der Waals surface area contributed by atoms with Crippen molar-refractivity contribution in [1.29, 1.82) is 0 Å². The molecule has 1 heterocycles. The van der Waals surface area contributed by atoms with Crippen molar-refractivity contribution in [2.75, 3.05) is 19.5 Å². The Balaban J connectivity index is 2.43. The number of hydrogen-bond donors (Lipinski definition) is 1. The highest BCUT2D eigenvalue weighted by atomic mass is 16.5. The van der Waals surface area contributed by atoms with E-state index in [4.69, 9.17) is 10.5 Å². The molecule has 0 amide bonds. The number of aromatic nitrogens is 4. The van der Waals surface area contributed by atoms with E-state index in [0.29, 0.717) is 12.4 Å². The fourth-order valence-electron chi connectivity index (χ4n) is 2.29. The van der Waals surface area contributed by atoms with Crippen molar-refractivity contribution in [3.8, 4) is 11.4 Å². The lowest BCUT2D eigenvalue weighted by atomic mass is 10.1. The van der Waals surface area contributed by atoms with Crippen LogP contribution in [0.2, 0.25) is 0 Å². The lowest BCUT2D eigenvalue weighted by molar-refractivity contribution is 0.144. The third-order valence-electron chi connectivity index (χ3n) is 3.38. The highest BCUT2D eigenvalue weighted by Gasteiger charge is 2.19. The molecule has 0 radical (unpaired) electrons. The van der Waals surface area contributed by atoms with Gasteiger partial charge in [0, 0.05) is 18.4 Å². The van der Waals surface area contributed by atoms with Gasteiger partial charge < -0.3 is 10.5 Å². The number of ether oxygens (including phenoxy) is 1. The van der Waals surface area contributed by atoms with Crippen molar-refractivity contribution in [2.45, 2.75) is 32.7 Å². The number of methoxy groups -OCH3 is 1. The van der Waals surface area contributed by atoms with E-state index >= 15 is 0 Å². The molecule has 6 heteroatoms. The van der Waals surface area contributed by atoms with Gasteiger partial charge in [0.1, 0.15) is 0 Å². The van der Waals surface area contributed by atoms with Crippen LogP contribution in [-0.2, 0) is 4.74 Å². The fraction of sp³-hybridized carbons (Fsp3) is 0.500. The molecule has 0 aliphatic rings. The maximum atomic E-state index is 6.15. The van der Waals surface area contributed by atoms with Crippen molar-refractivity contribution < 1.29 is 4.74 Å². The number of tetrazole rings is 1. The van der Waals surface area contributed by atoms with E-state index in [-0.39, 0.29) is 6.04 Å². The monoisotopic (exact) mass is 275 g/mol. The predicted octanol–water partition coefficient (Wildman–Crippen LogP) is 2.22. The van der Waals surface area contributed by atoms with Gasteiger partial charge in [-0.05, 0) is 35.4 Å². The van der Waals surface area contributed by atoms with Gasteiger partial charge in [0.2, 0.25) is 0 Å². The van der Waals surface area contributed by atoms with Gasteiger partial charge >= 0.3 is 0 Å². The highest BCUT2D eigenvalue weighted by Crippen LogP contribution is 2.28. The van der Waals surface area contributed by atoms with E-state index in [1.165, 1.54) is 0 Å². The standard InChI is InChI=1S/C14H21N5O/c1-4-6-11(9-20-3)19-14(16-17-18-19)12-8-5-7-10(2)13(12)15/h5,7-8,11H,4,6,9,15H2,1-3H3. The Morgan fingerprint density at radius 3 is 2.90 bits per heavy atom. The van der Waals surface area contributed by atoms with Crippen LogP contribution in [0.3, 0.4) is 0 Å². The number of benzene rings is 1. The van der Waals surface area contributed by atoms with E-state index in [1.807, 2.05) is 29.8 Å². The molecule has 2 N–H and O–H groups in total. The summed E-state index contributed by atoms with van der Waals surface area (Å²) in [6.07, 6.45) is 1.99. The van der Waals surface area contributed by atoms with Crippen molar-refractivity contribution in [1.82, 2.24) is 20.2 Å². The van der Waals surface area contributed by atoms with Crippen LogP contribution in [0.5, 0.6) is 0 Å². The Morgan fingerprint density at radius 1 is 1.40 bits per heavy atom. The second-order valence-electron chi connectivity index (χ2n) is 4.88. The minimum Gasteiger partial charge on any atom is -0.398 e. The molecule has 2 aromatic rings. The van der Waals surface area contributed by atoms with Gasteiger partial charge in [-0.3, -0.25) is 0 Å². The third kappa shape index (κ3) is 2.80. The molecule has 1 aromatic carbocycles. The topological polar surface area (TPSA) is 78.8 Å². The quantitative estimate of drug-likeness (QED) is 0.818. The zero-order valence-corrected chi connectivity index (χ0v) is 12.2. The van der Waals surface area contributed by atoms with Gasteiger partial charge in [-0.15, -0.1) is 5.10 Å². The zero-order chi connectivity index (χ0) is 14.5. The molecule has 0 saturated carbocycles. The number of rotatable bonds is 6. The smallest absolute Gasteiger partial charge is 0.184 e. The zero-order valence-electron chi connectivity index (χ0n) is 12.2. The maximum Gasteiger partial charge on any atom is 0.184 e. The van der Waals surface area contributed by atoms with Crippen LogP contribution < -0.4 is 5.73 Å². The van der Waals surface area contributed by atoms with E-state index in [9.17, 15) is 0 Å². The summed E-state index contributed by atoms with van der Waals surface area (Å²) in [7, 11) is 1.69. The van der Waals surface area contributed by atoms with Crippen LogP contribution in [-0.4, -0.2) is 33.9 Å². The van der Waals surface area contributed by atoms with E-state index in [0.717, 1.165) is 29.7 Å². The largest absolute Gasteiger partial charge is 0.398 e. The van der Waals surface area contributed by atoms with Crippen molar-refractivity contribution in [2.24, 2.45) is 0 Å². The molecule has 0 bridgehead atoms. The molecule has 1 unspecified atom stereocenters. The van der Waals surface area contributed by atoms with Crippen LogP contribution in [0.4, 0.5) is 5.69 Å². The summed E-state index contributed by atoms with van der Waals surface area (Å²) >= 11 is 0. The molecule has 0 spiro atoms. The molecule has 0 aliphatic heterocycles. The van der Waals surface area contributed by atoms with Crippen LogP contribution >= 0.6 is 0 Å². The van der Waals surface area contributed by atoms with E-state index in [1.54, 1.807) is 7.11 Å². The maximum absolute atomic E-state index is 6.15. The summed E-state index contributed by atoms with van der Waals surface area (Å²) in [6, 6.07) is 6.01. The van der Waals surface area contributed by atoms with Crippen LogP contribution in [0.15, 0.2) is 18.2 Å². The third-order valence-corrected chi connectivity index (χ3v) is 3.38. The minimum atomic E-state index is 0.120. The first-order chi connectivity index (χ1) is 9.69. The highest BCUT2D eigenvalue weighted by molar-refractivity contribution is 5.74. The average molecular weight is 275 g/mol. The molecule has 108 valence electrons.